The average Bonchev–Trinajstić information content (AvgIpc) is 2.62. The Balaban J connectivity index is 2.37. The molecule has 0 aliphatic heterocycles. The van der Waals surface area contributed by atoms with Crippen LogP contribution in [0.5, 0.6) is 0 Å². The lowest BCUT2D eigenvalue weighted by Gasteiger charge is -2.09. The molecule has 0 spiro atoms. The van der Waals surface area contributed by atoms with Gasteiger partial charge in [-0.05, 0) is 29.8 Å². The Kier molecular flexibility index (Phi) is 3.07. The second kappa shape index (κ2) is 4.35. The summed E-state index contributed by atoms with van der Waals surface area (Å²) in [7, 11) is 1.82. The maximum absolute atomic E-state index is 13.2. The van der Waals surface area contributed by atoms with Crippen molar-refractivity contribution in [2.75, 3.05) is 0 Å². The molecule has 1 aromatic carbocycles. The summed E-state index contributed by atoms with van der Waals surface area (Å²) >= 11 is 3.24. The molecule has 3 nitrogen and oxygen atoms in total. The molecule has 0 radical (unpaired) electrons. The molecular formula is C11H11BrFN3. The predicted octanol–water partition coefficient (Wildman–Crippen LogP) is 2.37. The van der Waals surface area contributed by atoms with Crippen LogP contribution in [0.3, 0.4) is 0 Å². The highest BCUT2D eigenvalue weighted by atomic mass is 79.9. The van der Waals surface area contributed by atoms with E-state index in [9.17, 15) is 4.39 Å². The van der Waals surface area contributed by atoms with Crippen molar-refractivity contribution in [1.82, 2.24) is 9.78 Å². The van der Waals surface area contributed by atoms with Gasteiger partial charge in [0.25, 0.3) is 0 Å². The van der Waals surface area contributed by atoms with Crippen molar-refractivity contribution >= 4 is 15.9 Å². The summed E-state index contributed by atoms with van der Waals surface area (Å²) in [5, 5.41) is 4.20. The second-order valence-electron chi connectivity index (χ2n) is 3.59. The van der Waals surface area contributed by atoms with Crippen LogP contribution in [-0.4, -0.2) is 9.78 Å². The number of hydrogen-bond acceptors (Lipinski definition) is 2. The van der Waals surface area contributed by atoms with E-state index in [1.807, 2.05) is 19.3 Å². The minimum absolute atomic E-state index is 0.309. The van der Waals surface area contributed by atoms with E-state index in [2.05, 4.69) is 21.0 Å². The van der Waals surface area contributed by atoms with Gasteiger partial charge in [-0.15, -0.1) is 0 Å². The van der Waals surface area contributed by atoms with Crippen LogP contribution < -0.4 is 5.73 Å². The van der Waals surface area contributed by atoms with Gasteiger partial charge in [-0.25, -0.2) is 4.39 Å². The fourth-order valence-corrected chi connectivity index (χ4v) is 2.01. The molecule has 1 heterocycles. The number of benzene rings is 1. The SMILES string of the molecule is Cn1ccc(C(N)c2cc(F)cc(Br)c2)n1. The van der Waals surface area contributed by atoms with Crippen molar-refractivity contribution in [3.63, 3.8) is 0 Å². The third-order valence-corrected chi connectivity index (χ3v) is 2.75. The van der Waals surface area contributed by atoms with Crippen LogP contribution in [-0.2, 0) is 7.05 Å². The number of nitrogens with two attached hydrogens (primary N) is 1. The summed E-state index contributed by atoms with van der Waals surface area (Å²) in [4.78, 5) is 0. The molecule has 0 aliphatic rings. The highest BCUT2D eigenvalue weighted by molar-refractivity contribution is 9.10. The molecule has 0 amide bonds. The third kappa shape index (κ3) is 2.31. The fourth-order valence-electron chi connectivity index (χ4n) is 1.52. The molecular weight excluding hydrogens is 273 g/mol. The Morgan fingerprint density at radius 3 is 2.75 bits per heavy atom. The molecule has 16 heavy (non-hydrogen) atoms. The topological polar surface area (TPSA) is 43.8 Å². The quantitative estimate of drug-likeness (QED) is 0.920. The van der Waals surface area contributed by atoms with Gasteiger partial charge >= 0.3 is 0 Å². The van der Waals surface area contributed by atoms with Crippen molar-refractivity contribution in [2.45, 2.75) is 6.04 Å². The van der Waals surface area contributed by atoms with Gasteiger partial charge in [0, 0.05) is 17.7 Å². The van der Waals surface area contributed by atoms with Crippen LogP contribution in [0.15, 0.2) is 34.9 Å². The normalized spacial score (nSPS) is 12.8. The van der Waals surface area contributed by atoms with Crippen molar-refractivity contribution < 1.29 is 4.39 Å². The lowest BCUT2D eigenvalue weighted by molar-refractivity contribution is 0.621. The molecule has 1 unspecified atom stereocenters. The van der Waals surface area contributed by atoms with Crippen LogP contribution in [0.4, 0.5) is 4.39 Å². The summed E-state index contributed by atoms with van der Waals surface area (Å²) in [6, 6.07) is 6.03. The van der Waals surface area contributed by atoms with Crippen molar-refractivity contribution in [3.05, 3.63) is 52.0 Å². The monoisotopic (exact) mass is 283 g/mol. The van der Waals surface area contributed by atoms with Crippen LogP contribution in [0.1, 0.15) is 17.3 Å². The minimum atomic E-state index is -0.409. The highest BCUT2D eigenvalue weighted by Gasteiger charge is 2.13. The van der Waals surface area contributed by atoms with E-state index in [4.69, 9.17) is 5.73 Å². The first-order valence-electron chi connectivity index (χ1n) is 4.77. The molecule has 2 N–H and O–H groups in total. The van der Waals surface area contributed by atoms with Crippen LogP contribution in [0.25, 0.3) is 0 Å². The summed E-state index contributed by atoms with van der Waals surface area (Å²) in [5.41, 5.74) is 7.43. The largest absolute Gasteiger partial charge is 0.319 e. The van der Waals surface area contributed by atoms with Gasteiger partial charge in [-0.2, -0.15) is 5.10 Å². The van der Waals surface area contributed by atoms with E-state index in [0.29, 0.717) is 10.0 Å². The molecule has 0 saturated heterocycles. The minimum Gasteiger partial charge on any atom is -0.319 e. The number of aromatic nitrogens is 2. The zero-order chi connectivity index (χ0) is 11.7. The van der Waals surface area contributed by atoms with Crippen molar-refractivity contribution in [2.24, 2.45) is 12.8 Å². The number of halogens is 2. The maximum atomic E-state index is 13.2. The number of nitrogens with zero attached hydrogens (tertiary/aromatic N) is 2. The lowest BCUT2D eigenvalue weighted by atomic mass is 10.1. The molecule has 2 aromatic rings. The zero-order valence-electron chi connectivity index (χ0n) is 8.69. The Labute approximate surface area is 101 Å². The molecule has 0 fully saturated rings. The first kappa shape index (κ1) is 11.3. The molecule has 84 valence electrons. The van der Waals surface area contributed by atoms with Gasteiger partial charge in [0.05, 0.1) is 11.7 Å². The Morgan fingerprint density at radius 2 is 2.19 bits per heavy atom. The van der Waals surface area contributed by atoms with Gasteiger partial charge in [-0.1, -0.05) is 15.9 Å². The molecule has 1 aromatic heterocycles. The van der Waals surface area contributed by atoms with E-state index in [1.165, 1.54) is 12.1 Å². The van der Waals surface area contributed by atoms with E-state index in [-0.39, 0.29) is 5.82 Å². The van der Waals surface area contributed by atoms with E-state index in [1.54, 1.807) is 10.7 Å². The molecule has 0 bridgehead atoms. The zero-order valence-corrected chi connectivity index (χ0v) is 10.3. The molecule has 0 saturated carbocycles. The van der Waals surface area contributed by atoms with E-state index in [0.717, 1.165) is 5.69 Å². The highest BCUT2D eigenvalue weighted by Crippen LogP contribution is 2.22. The summed E-state index contributed by atoms with van der Waals surface area (Å²) in [6.45, 7) is 0. The standard InChI is InChI=1S/C11H11BrFN3/c1-16-3-2-10(15-16)11(14)7-4-8(12)6-9(13)5-7/h2-6,11H,14H2,1H3. The fraction of sp³-hybridized carbons (Fsp3) is 0.182. The maximum Gasteiger partial charge on any atom is 0.124 e. The third-order valence-electron chi connectivity index (χ3n) is 2.30. The number of aryl methyl sites for hydroxylation is 1. The smallest absolute Gasteiger partial charge is 0.124 e. The number of rotatable bonds is 2. The van der Waals surface area contributed by atoms with Crippen molar-refractivity contribution in [3.8, 4) is 0 Å². The Morgan fingerprint density at radius 1 is 1.44 bits per heavy atom. The average molecular weight is 284 g/mol. The predicted molar refractivity (Wildman–Crippen MR) is 63.3 cm³/mol. The van der Waals surface area contributed by atoms with Gasteiger partial charge in [-0.3, -0.25) is 4.68 Å². The second-order valence-corrected chi connectivity index (χ2v) is 4.51. The molecule has 1 atom stereocenters. The van der Waals surface area contributed by atoms with Crippen LogP contribution in [0, 0.1) is 5.82 Å². The first-order chi connectivity index (χ1) is 7.56. The van der Waals surface area contributed by atoms with Crippen LogP contribution >= 0.6 is 15.9 Å². The molecule has 0 aliphatic carbocycles. The molecule has 5 heteroatoms. The summed E-state index contributed by atoms with van der Waals surface area (Å²) in [6.07, 6.45) is 1.81. The summed E-state index contributed by atoms with van der Waals surface area (Å²) in [5.74, 6) is -0.309. The van der Waals surface area contributed by atoms with Gasteiger partial charge in [0.2, 0.25) is 0 Å². The van der Waals surface area contributed by atoms with Gasteiger partial charge < -0.3 is 5.73 Å². The first-order valence-corrected chi connectivity index (χ1v) is 5.56. The summed E-state index contributed by atoms with van der Waals surface area (Å²) < 4.78 is 15.5. The van der Waals surface area contributed by atoms with Crippen molar-refractivity contribution in [1.29, 1.82) is 0 Å². The van der Waals surface area contributed by atoms with E-state index >= 15 is 0 Å². The van der Waals surface area contributed by atoms with E-state index < -0.39 is 6.04 Å². The lowest BCUT2D eigenvalue weighted by Crippen LogP contribution is -2.13. The Hall–Kier alpha value is -1.20. The molecule has 2 rings (SSSR count). The Bertz CT molecular complexity index is 489. The van der Waals surface area contributed by atoms with Gasteiger partial charge in [0.1, 0.15) is 5.82 Å². The van der Waals surface area contributed by atoms with Gasteiger partial charge in [0.15, 0.2) is 0 Å². The number of hydrogen-bond donors (Lipinski definition) is 1. The van der Waals surface area contributed by atoms with Crippen LogP contribution in [0.2, 0.25) is 0 Å².